The van der Waals surface area contributed by atoms with E-state index < -0.39 is 0 Å². The normalized spacial score (nSPS) is 17.3. The maximum atomic E-state index is 11.9. The third kappa shape index (κ3) is 4.55. The highest BCUT2D eigenvalue weighted by atomic mass is 32.1. The third-order valence-corrected chi connectivity index (χ3v) is 6.47. The predicted octanol–water partition coefficient (Wildman–Crippen LogP) is 6.18. The van der Waals surface area contributed by atoms with E-state index in [-0.39, 0.29) is 18.0 Å². The molecule has 0 unspecified atom stereocenters. The molecule has 2 N–H and O–H groups in total. The van der Waals surface area contributed by atoms with Gasteiger partial charge in [0.15, 0.2) is 5.11 Å². The summed E-state index contributed by atoms with van der Waals surface area (Å²) in [4.78, 5) is 18.6. The Morgan fingerprint density at radius 2 is 1.89 bits per heavy atom. The average Bonchev–Trinajstić information content (AvgIpc) is 3.51. The molecule has 2 aromatic heterocycles. The number of nitrogens with zero attached hydrogens (tertiary/aromatic N) is 2. The molecule has 6 nitrogen and oxygen atoms in total. The van der Waals surface area contributed by atoms with Gasteiger partial charge in [0.1, 0.15) is 17.6 Å². The van der Waals surface area contributed by atoms with E-state index >= 15 is 0 Å². The van der Waals surface area contributed by atoms with Crippen LogP contribution in [0.4, 0.5) is 11.4 Å². The highest BCUT2D eigenvalue weighted by molar-refractivity contribution is 7.80. The number of anilines is 2. The summed E-state index contributed by atoms with van der Waals surface area (Å²) >= 11 is 5.82. The van der Waals surface area contributed by atoms with Crippen LogP contribution in [-0.4, -0.2) is 16.0 Å². The Hall–Kier alpha value is -3.97. The van der Waals surface area contributed by atoms with Crippen molar-refractivity contribution in [2.75, 3.05) is 10.2 Å². The van der Waals surface area contributed by atoms with Crippen LogP contribution in [0.1, 0.15) is 42.4 Å². The van der Waals surface area contributed by atoms with Gasteiger partial charge in [-0.05, 0) is 67.2 Å². The fourth-order valence-electron chi connectivity index (χ4n) is 4.37. The van der Waals surface area contributed by atoms with Gasteiger partial charge < -0.3 is 20.0 Å². The lowest BCUT2D eigenvalue weighted by Gasteiger charge is -2.26. The monoisotopic (exact) mass is 482 g/mol. The summed E-state index contributed by atoms with van der Waals surface area (Å²) in [6.07, 6.45) is 2.21. The van der Waals surface area contributed by atoms with Crippen LogP contribution in [-0.2, 0) is 4.79 Å². The first-order valence-electron chi connectivity index (χ1n) is 11.6. The molecule has 5 rings (SSSR count). The second-order valence-electron chi connectivity index (χ2n) is 8.47. The van der Waals surface area contributed by atoms with Crippen LogP contribution in [0.15, 0.2) is 89.5 Å². The molecule has 1 aliphatic heterocycles. The van der Waals surface area contributed by atoms with Crippen LogP contribution in [0, 0.1) is 6.92 Å². The van der Waals surface area contributed by atoms with E-state index in [1.807, 2.05) is 92.7 Å². The van der Waals surface area contributed by atoms with E-state index in [9.17, 15) is 4.79 Å². The van der Waals surface area contributed by atoms with Gasteiger partial charge in [0, 0.05) is 29.6 Å². The number of thiocarbonyl (C=S) groups is 1. The molecule has 0 bridgehead atoms. The van der Waals surface area contributed by atoms with E-state index in [1.165, 1.54) is 0 Å². The molecule has 0 aliphatic carbocycles. The molecule has 3 heterocycles. The lowest BCUT2D eigenvalue weighted by Crippen LogP contribution is -2.29. The number of furan rings is 1. The molecule has 0 saturated carbocycles. The van der Waals surface area contributed by atoms with Gasteiger partial charge in [0.05, 0.1) is 11.7 Å². The fourth-order valence-corrected chi connectivity index (χ4v) is 4.71. The predicted molar refractivity (Wildman–Crippen MR) is 142 cm³/mol. The van der Waals surface area contributed by atoms with Gasteiger partial charge in [0.2, 0.25) is 5.91 Å². The molecule has 0 radical (unpaired) electrons. The lowest BCUT2D eigenvalue weighted by atomic mass is 10.0. The summed E-state index contributed by atoms with van der Waals surface area (Å²) in [5.41, 5.74) is 4.55. The number of rotatable bonds is 6. The number of nitrogens with one attached hydrogen (secondary N) is 2. The zero-order chi connectivity index (χ0) is 24.4. The van der Waals surface area contributed by atoms with Gasteiger partial charge in [-0.25, -0.2) is 0 Å². The number of benzene rings is 2. The van der Waals surface area contributed by atoms with Crippen molar-refractivity contribution in [1.82, 2.24) is 10.3 Å². The fraction of sp³-hybridized carbons (Fsp3) is 0.179. The van der Waals surface area contributed by atoms with Crippen molar-refractivity contribution in [3.8, 4) is 11.3 Å². The van der Waals surface area contributed by atoms with E-state index in [0.29, 0.717) is 11.5 Å². The molecule has 1 amide bonds. The number of carbonyl (C=O) groups is 1. The minimum Gasteiger partial charge on any atom is -0.459 e. The SMILES string of the molecule is CCC(=O)Nc1ccc(N2C(=S)N[C@H](c3ccccn3)[C@@H]2c2ccc(-c3ccccc3)o2)cc1C. The van der Waals surface area contributed by atoms with Crippen molar-refractivity contribution in [1.29, 1.82) is 0 Å². The first-order valence-corrected chi connectivity index (χ1v) is 12.0. The Bertz CT molecular complexity index is 1350. The maximum absolute atomic E-state index is 11.9. The van der Waals surface area contributed by atoms with Gasteiger partial charge >= 0.3 is 0 Å². The molecule has 2 atom stereocenters. The highest BCUT2D eigenvalue weighted by Crippen LogP contribution is 2.43. The Labute approximate surface area is 210 Å². The number of amides is 1. The topological polar surface area (TPSA) is 70.4 Å². The van der Waals surface area contributed by atoms with Crippen molar-refractivity contribution < 1.29 is 9.21 Å². The molecule has 7 heteroatoms. The minimum atomic E-state index is -0.245. The largest absolute Gasteiger partial charge is 0.459 e. The molecule has 1 fully saturated rings. The number of aromatic nitrogens is 1. The van der Waals surface area contributed by atoms with Gasteiger partial charge in [-0.3, -0.25) is 9.78 Å². The number of pyridine rings is 1. The van der Waals surface area contributed by atoms with Crippen LogP contribution in [0.5, 0.6) is 0 Å². The van der Waals surface area contributed by atoms with Gasteiger partial charge in [-0.2, -0.15) is 0 Å². The first-order chi connectivity index (χ1) is 17.0. The average molecular weight is 483 g/mol. The standard InChI is InChI=1S/C28H26N4O2S/c1-3-25(33)30-21-13-12-20(17-18(21)2)32-27(26(31-28(32)35)22-11-7-8-16-29-22)24-15-14-23(34-24)19-9-5-4-6-10-19/h4-17,26-27H,3H2,1-2H3,(H,30,33)(H,31,35)/t26-,27+/m1/s1. The number of carbonyl (C=O) groups excluding carboxylic acids is 1. The molecule has 2 aromatic carbocycles. The number of hydrogen-bond acceptors (Lipinski definition) is 4. The quantitative estimate of drug-likeness (QED) is 0.320. The molecule has 0 spiro atoms. The Kier molecular flexibility index (Phi) is 6.33. The molecule has 176 valence electrons. The van der Waals surface area contributed by atoms with E-state index in [2.05, 4.69) is 20.5 Å². The molecule has 35 heavy (non-hydrogen) atoms. The molecule has 1 aliphatic rings. The van der Waals surface area contributed by atoms with Gasteiger partial charge in [-0.1, -0.05) is 43.3 Å². The minimum absolute atomic E-state index is 0.0173. The summed E-state index contributed by atoms with van der Waals surface area (Å²) in [6.45, 7) is 3.82. The van der Waals surface area contributed by atoms with Crippen LogP contribution in [0.2, 0.25) is 0 Å². The van der Waals surface area contributed by atoms with E-state index in [1.54, 1.807) is 6.20 Å². The maximum Gasteiger partial charge on any atom is 0.224 e. The summed E-state index contributed by atoms with van der Waals surface area (Å²) in [6, 6.07) is 25.4. The first kappa shape index (κ1) is 22.8. The highest BCUT2D eigenvalue weighted by Gasteiger charge is 2.42. The van der Waals surface area contributed by atoms with E-state index in [0.717, 1.165) is 39.7 Å². The van der Waals surface area contributed by atoms with E-state index in [4.69, 9.17) is 16.6 Å². The number of hydrogen-bond donors (Lipinski definition) is 2. The van der Waals surface area contributed by atoms with Crippen LogP contribution in [0.25, 0.3) is 11.3 Å². The van der Waals surface area contributed by atoms with Gasteiger partial charge in [0.25, 0.3) is 0 Å². The Morgan fingerprint density at radius 3 is 2.60 bits per heavy atom. The second-order valence-corrected chi connectivity index (χ2v) is 8.85. The lowest BCUT2D eigenvalue weighted by molar-refractivity contribution is -0.115. The van der Waals surface area contributed by atoms with Crippen LogP contribution in [0.3, 0.4) is 0 Å². The van der Waals surface area contributed by atoms with Crippen molar-refractivity contribution in [3.05, 3.63) is 102 Å². The van der Waals surface area contributed by atoms with Crippen molar-refractivity contribution in [3.63, 3.8) is 0 Å². The summed E-state index contributed by atoms with van der Waals surface area (Å²) in [5, 5.41) is 7.00. The summed E-state index contributed by atoms with van der Waals surface area (Å²) < 4.78 is 6.40. The van der Waals surface area contributed by atoms with Crippen molar-refractivity contribution >= 4 is 34.6 Å². The number of aryl methyl sites for hydroxylation is 1. The molecule has 4 aromatic rings. The van der Waals surface area contributed by atoms with Crippen LogP contribution >= 0.6 is 12.2 Å². The third-order valence-electron chi connectivity index (χ3n) is 6.16. The Morgan fingerprint density at radius 1 is 1.09 bits per heavy atom. The summed E-state index contributed by atoms with van der Waals surface area (Å²) in [5.74, 6) is 1.57. The van der Waals surface area contributed by atoms with Gasteiger partial charge in [-0.15, -0.1) is 0 Å². The summed E-state index contributed by atoms with van der Waals surface area (Å²) in [7, 11) is 0. The molecular weight excluding hydrogens is 456 g/mol. The van der Waals surface area contributed by atoms with Crippen molar-refractivity contribution in [2.45, 2.75) is 32.4 Å². The zero-order valence-electron chi connectivity index (χ0n) is 19.6. The molecule has 1 saturated heterocycles. The zero-order valence-corrected chi connectivity index (χ0v) is 20.4. The molecular formula is C28H26N4O2S. The second kappa shape index (κ2) is 9.72. The smallest absolute Gasteiger partial charge is 0.224 e. The van der Waals surface area contributed by atoms with Crippen LogP contribution < -0.4 is 15.5 Å². The Balaban J connectivity index is 1.56. The van der Waals surface area contributed by atoms with Crippen molar-refractivity contribution in [2.24, 2.45) is 0 Å².